The van der Waals surface area contributed by atoms with Gasteiger partial charge in [-0.3, -0.25) is 0 Å². The predicted octanol–water partition coefficient (Wildman–Crippen LogP) is 16.9. The van der Waals surface area contributed by atoms with Crippen LogP contribution in [0.4, 0.5) is 0 Å². The van der Waals surface area contributed by atoms with Crippen molar-refractivity contribution in [3.05, 3.63) is 243 Å². The van der Waals surface area contributed by atoms with E-state index in [1.54, 1.807) is 0 Å². The summed E-state index contributed by atoms with van der Waals surface area (Å²) in [6, 6.07) is 89.4. The number of hydrogen-bond donors (Lipinski definition) is 0. The van der Waals surface area contributed by atoms with Gasteiger partial charge in [-0.2, -0.15) is 0 Å². The maximum absolute atomic E-state index is 2.50. The number of rotatable bonds is 5. The highest BCUT2D eigenvalue weighted by molar-refractivity contribution is 6.26. The van der Waals surface area contributed by atoms with Gasteiger partial charge in [-0.1, -0.05) is 164 Å². The van der Waals surface area contributed by atoms with Crippen molar-refractivity contribution >= 4 is 98.0 Å². The number of fused-ring (bicyclic) bond motifs is 14. The minimum absolute atomic E-state index is 1.12. The zero-order chi connectivity index (χ0) is 44.5. The van der Waals surface area contributed by atoms with Gasteiger partial charge in [0, 0.05) is 65.5 Å². The van der Waals surface area contributed by atoms with Gasteiger partial charge in [-0.25, -0.2) is 0 Å². The topological polar surface area (TPSA) is 19.7 Å². The van der Waals surface area contributed by atoms with E-state index in [1.165, 1.54) is 104 Å². The zero-order valence-corrected chi connectivity index (χ0v) is 36.9. The summed E-state index contributed by atoms with van der Waals surface area (Å²) in [6.07, 6.45) is 0. The Morgan fingerprint density at radius 1 is 0.221 bits per heavy atom. The molecule has 0 saturated heterocycles. The first kappa shape index (κ1) is 37.1. The first-order valence-electron chi connectivity index (χ1n) is 23.4. The van der Waals surface area contributed by atoms with E-state index in [1.807, 2.05) is 0 Å². The molecule has 15 rings (SSSR count). The van der Waals surface area contributed by atoms with Crippen molar-refractivity contribution in [1.29, 1.82) is 0 Å². The highest BCUT2D eigenvalue weighted by atomic mass is 15.0. The highest BCUT2D eigenvalue weighted by Crippen LogP contribution is 2.45. The van der Waals surface area contributed by atoms with Crippen molar-refractivity contribution < 1.29 is 0 Å². The van der Waals surface area contributed by atoms with Crippen molar-refractivity contribution in [1.82, 2.24) is 18.3 Å². The van der Waals surface area contributed by atoms with Crippen LogP contribution in [-0.4, -0.2) is 18.3 Å². The molecule has 0 aliphatic carbocycles. The van der Waals surface area contributed by atoms with Gasteiger partial charge in [0.1, 0.15) is 0 Å². The van der Waals surface area contributed by atoms with Gasteiger partial charge in [0.05, 0.1) is 49.8 Å². The number of aromatic nitrogens is 4. The van der Waals surface area contributed by atoms with Crippen LogP contribution in [0.15, 0.2) is 243 Å². The number of nitrogens with zero attached hydrogens (tertiary/aromatic N) is 4. The summed E-state index contributed by atoms with van der Waals surface area (Å²) in [5.41, 5.74) is 16.4. The van der Waals surface area contributed by atoms with Crippen LogP contribution in [0.2, 0.25) is 0 Å². The second kappa shape index (κ2) is 14.2. The number of para-hydroxylation sites is 7. The summed E-state index contributed by atoms with van der Waals surface area (Å²) in [4.78, 5) is 0. The summed E-state index contributed by atoms with van der Waals surface area (Å²) in [5, 5.41) is 12.4. The molecule has 0 saturated carbocycles. The predicted molar refractivity (Wildman–Crippen MR) is 287 cm³/mol. The molecule has 0 aliphatic heterocycles. The van der Waals surface area contributed by atoms with E-state index in [9.17, 15) is 0 Å². The molecule has 4 heteroatoms. The van der Waals surface area contributed by atoms with Gasteiger partial charge in [-0.05, 0) is 95.4 Å². The second-order valence-corrected chi connectivity index (χ2v) is 18.1. The van der Waals surface area contributed by atoms with Crippen LogP contribution in [0.3, 0.4) is 0 Å². The van der Waals surface area contributed by atoms with Crippen molar-refractivity contribution in [3.63, 3.8) is 0 Å². The maximum Gasteiger partial charge on any atom is 0.0641 e. The molecule has 4 heterocycles. The summed E-state index contributed by atoms with van der Waals surface area (Å²) < 4.78 is 9.87. The lowest BCUT2D eigenvalue weighted by atomic mass is 9.96. The van der Waals surface area contributed by atoms with Crippen LogP contribution in [0.5, 0.6) is 0 Å². The Morgan fingerprint density at radius 3 is 1.16 bits per heavy atom. The molecule has 11 aromatic carbocycles. The smallest absolute Gasteiger partial charge is 0.0641 e. The van der Waals surface area contributed by atoms with Crippen molar-refractivity contribution in [2.45, 2.75) is 0 Å². The summed E-state index contributed by atoms with van der Waals surface area (Å²) in [5.74, 6) is 0. The maximum atomic E-state index is 2.50. The molecule has 0 spiro atoms. The lowest BCUT2D eigenvalue weighted by molar-refractivity contribution is 1.13. The Morgan fingerprint density at radius 2 is 0.632 bits per heavy atom. The molecule has 4 aromatic heterocycles. The normalized spacial score (nSPS) is 12.1. The Kier molecular flexibility index (Phi) is 7.75. The first-order chi connectivity index (χ1) is 33.8. The third-order valence-corrected chi connectivity index (χ3v) is 14.5. The van der Waals surface area contributed by atoms with Crippen LogP contribution in [0, 0.1) is 0 Å². The Labute approximate surface area is 391 Å². The lowest BCUT2D eigenvalue weighted by Crippen LogP contribution is -2.01. The minimum atomic E-state index is 1.12. The zero-order valence-electron chi connectivity index (χ0n) is 36.9. The Bertz CT molecular complexity index is 4320. The molecule has 15 aromatic rings. The van der Waals surface area contributed by atoms with Gasteiger partial charge in [0.2, 0.25) is 0 Å². The second-order valence-electron chi connectivity index (χ2n) is 18.1. The standard InChI is InChI=1S/C64H40N4/c1-2-18-42(19-3-1)67-59-32-16-10-26-52(59)53-35-37-62-63(64(53)67)54-27-11-17-33-60(54)68(62)61-36-34-45(46-20-4-5-21-47(46)61)41-38-43(65-55-28-12-6-22-48(55)49-23-7-13-29-56(49)65)40-44(39-41)66-57-30-14-8-24-50(57)51-25-9-15-31-58(51)66/h1-40H. The fraction of sp³-hybridized carbons (Fsp3) is 0. The molecule has 0 aliphatic rings. The molecular weight excluding hydrogens is 825 g/mol. The van der Waals surface area contributed by atoms with Crippen LogP contribution in [0.25, 0.3) is 132 Å². The van der Waals surface area contributed by atoms with Gasteiger partial charge in [-0.15, -0.1) is 0 Å². The van der Waals surface area contributed by atoms with Gasteiger partial charge in [0.15, 0.2) is 0 Å². The fourth-order valence-corrected chi connectivity index (χ4v) is 11.8. The minimum Gasteiger partial charge on any atom is -0.309 e. The molecule has 0 atom stereocenters. The Hall–Kier alpha value is -9.12. The molecule has 4 nitrogen and oxygen atoms in total. The first-order valence-corrected chi connectivity index (χ1v) is 23.4. The van der Waals surface area contributed by atoms with E-state index in [0.29, 0.717) is 0 Å². The average molecular weight is 865 g/mol. The van der Waals surface area contributed by atoms with Crippen molar-refractivity contribution in [2.75, 3.05) is 0 Å². The van der Waals surface area contributed by atoms with Crippen LogP contribution in [-0.2, 0) is 0 Å². The summed E-state index contributed by atoms with van der Waals surface area (Å²) in [6.45, 7) is 0. The van der Waals surface area contributed by atoms with E-state index in [4.69, 9.17) is 0 Å². The van der Waals surface area contributed by atoms with E-state index < -0.39 is 0 Å². The molecule has 316 valence electrons. The summed E-state index contributed by atoms with van der Waals surface area (Å²) in [7, 11) is 0. The summed E-state index contributed by atoms with van der Waals surface area (Å²) >= 11 is 0. The van der Waals surface area contributed by atoms with Crippen molar-refractivity contribution in [3.8, 4) is 33.9 Å². The quantitative estimate of drug-likeness (QED) is 0.164. The number of benzene rings is 11. The highest BCUT2D eigenvalue weighted by Gasteiger charge is 2.23. The van der Waals surface area contributed by atoms with Crippen LogP contribution >= 0.6 is 0 Å². The van der Waals surface area contributed by atoms with Gasteiger partial charge >= 0.3 is 0 Å². The van der Waals surface area contributed by atoms with E-state index in [2.05, 4.69) is 261 Å². The van der Waals surface area contributed by atoms with E-state index >= 15 is 0 Å². The monoisotopic (exact) mass is 864 g/mol. The molecule has 0 bridgehead atoms. The molecule has 0 fully saturated rings. The van der Waals surface area contributed by atoms with Crippen LogP contribution < -0.4 is 0 Å². The van der Waals surface area contributed by atoms with Gasteiger partial charge in [0.25, 0.3) is 0 Å². The SMILES string of the molecule is c1ccc(-n2c3ccccc3c3ccc4c(c5ccccc5n4-c4ccc(-c5cc(-n6c7ccccc7c7ccccc76)cc(-n6c7ccccc7c7ccccc76)c5)c5ccccc45)c32)cc1. The third-order valence-electron chi connectivity index (χ3n) is 14.5. The van der Waals surface area contributed by atoms with E-state index in [0.717, 1.165) is 28.3 Å². The molecular formula is C64H40N4. The van der Waals surface area contributed by atoms with Crippen molar-refractivity contribution in [2.24, 2.45) is 0 Å². The number of hydrogen-bond acceptors (Lipinski definition) is 0. The van der Waals surface area contributed by atoms with E-state index in [-0.39, 0.29) is 0 Å². The van der Waals surface area contributed by atoms with Crippen LogP contribution in [0.1, 0.15) is 0 Å². The average Bonchev–Trinajstić information content (AvgIpc) is 4.14. The molecule has 0 unspecified atom stereocenters. The molecule has 0 radical (unpaired) electrons. The largest absolute Gasteiger partial charge is 0.309 e. The molecule has 68 heavy (non-hydrogen) atoms. The van der Waals surface area contributed by atoms with Gasteiger partial charge < -0.3 is 18.3 Å². The third kappa shape index (κ3) is 5.14. The lowest BCUT2D eigenvalue weighted by Gasteiger charge is -2.18. The Balaban J connectivity index is 1.02. The molecule has 0 N–H and O–H groups in total. The fourth-order valence-electron chi connectivity index (χ4n) is 11.8. The molecule has 0 amide bonds.